The van der Waals surface area contributed by atoms with Crippen LogP contribution in [0.2, 0.25) is 0 Å². The van der Waals surface area contributed by atoms with Gasteiger partial charge in [0.05, 0.1) is 11.7 Å². The number of nitrogens with one attached hydrogen (secondary N) is 1. The second kappa shape index (κ2) is 9.57. The number of carbonyl (C=O) groups excluding carboxylic acids is 2. The maximum atomic E-state index is 14.2. The van der Waals surface area contributed by atoms with E-state index in [9.17, 15) is 14.0 Å². The number of thioether (sulfide) groups is 1. The van der Waals surface area contributed by atoms with Gasteiger partial charge >= 0.3 is 0 Å². The number of rotatable bonds is 6. The summed E-state index contributed by atoms with van der Waals surface area (Å²) in [5.74, 6) is -0.382. The van der Waals surface area contributed by atoms with Gasteiger partial charge in [0.2, 0.25) is 11.8 Å². The molecule has 0 bridgehead atoms. The van der Waals surface area contributed by atoms with Gasteiger partial charge in [-0.3, -0.25) is 14.5 Å². The average Bonchev–Trinajstić information content (AvgIpc) is 3.18. The number of amides is 2. The Balaban J connectivity index is 1.57. The van der Waals surface area contributed by atoms with Crippen LogP contribution in [0, 0.1) is 12.7 Å². The number of halogens is 1. The van der Waals surface area contributed by atoms with E-state index in [1.165, 1.54) is 17.8 Å². The maximum Gasteiger partial charge on any atom is 0.238 e. The number of carbonyl (C=O) groups is 2. The van der Waals surface area contributed by atoms with Gasteiger partial charge in [0.15, 0.2) is 0 Å². The van der Waals surface area contributed by atoms with Crippen molar-refractivity contribution in [2.75, 3.05) is 16.0 Å². The molecule has 1 heterocycles. The van der Waals surface area contributed by atoms with Crippen molar-refractivity contribution >= 4 is 35.0 Å². The number of benzene rings is 3. The van der Waals surface area contributed by atoms with Crippen molar-refractivity contribution in [3.63, 3.8) is 0 Å². The molecule has 1 aliphatic heterocycles. The van der Waals surface area contributed by atoms with E-state index in [0.29, 0.717) is 29.1 Å². The molecule has 3 aromatic carbocycles. The van der Waals surface area contributed by atoms with Gasteiger partial charge in [0.1, 0.15) is 11.2 Å². The van der Waals surface area contributed by atoms with E-state index in [2.05, 4.69) is 5.32 Å². The number of hydrogen-bond acceptors (Lipinski definition) is 3. The minimum absolute atomic E-state index is 0.0622. The summed E-state index contributed by atoms with van der Waals surface area (Å²) in [4.78, 5) is 27.2. The van der Waals surface area contributed by atoms with E-state index in [1.807, 2.05) is 61.5 Å². The minimum Gasteiger partial charge on any atom is -0.326 e. The van der Waals surface area contributed by atoms with Crippen LogP contribution in [0.25, 0.3) is 0 Å². The molecule has 4 rings (SSSR count). The molecule has 1 aliphatic rings. The second-order valence-corrected chi connectivity index (χ2v) is 8.92. The molecular weight excluding hydrogens is 423 g/mol. The molecule has 0 saturated carbocycles. The van der Waals surface area contributed by atoms with Gasteiger partial charge in [-0.25, -0.2) is 4.39 Å². The van der Waals surface area contributed by atoms with Crippen molar-refractivity contribution in [1.29, 1.82) is 0 Å². The first kappa shape index (κ1) is 22.1. The Bertz CT molecular complexity index is 1140. The van der Waals surface area contributed by atoms with Crippen LogP contribution in [-0.2, 0) is 9.59 Å². The third-order valence-corrected chi connectivity index (χ3v) is 6.88. The van der Waals surface area contributed by atoms with Crippen LogP contribution in [0.4, 0.5) is 15.8 Å². The molecule has 1 N–H and O–H groups in total. The fraction of sp³-hybridized carbons (Fsp3) is 0.231. The molecule has 0 radical (unpaired) electrons. The molecule has 1 saturated heterocycles. The number of anilines is 2. The van der Waals surface area contributed by atoms with Crippen molar-refractivity contribution < 1.29 is 14.0 Å². The molecule has 3 aromatic rings. The predicted molar refractivity (Wildman–Crippen MR) is 128 cm³/mol. The van der Waals surface area contributed by atoms with Crippen molar-refractivity contribution in [2.45, 2.75) is 31.6 Å². The Kier molecular flexibility index (Phi) is 6.61. The van der Waals surface area contributed by atoms with Crippen LogP contribution in [0.15, 0.2) is 72.8 Å². The third kappa shape index (κ3) is 4.55. The van der Waals surface area contributed by atoms with Gasteiger partial charge in [0.25, 0.3) is 0 Å². The SMILES string of the molecule is CC[C@@H](C(=O)Nc1cccc([C@H]2SCC(=O)N2c2ccc(C)c(F)c2)c1)c1ccccc1. The zero-order valence-corrected chi connectivity index (χ0v) is 18.9. The van der Waals surface area contributed by atoms with Crippen molar-refractivity contribution in [3.8, 4) is 0 Å². The Morgan fingerprint density at radius 3 is 2.62 bits per heavy atom. The summed E-state index contributed by atoms with van der Waals surface area (Å²) in [6.07, 6.45) is 0.690. The minimum atomic E-state index is -0.335. The molecule has 1 fully saturated rings. The van der Waals surface area contributed by atoms with Gasteiger partial charge in [-0.1, -0.05) is 55.5 Å². The lowest BCUT2D eigenvalue weighted by molar-refractivity contribution is -0.118. The normalized spacial score (nSPS) is 16.8. The summed E-state index contributed by atoms with van der Waals surface area (Å²) in [5, 5.41) is 2.75. The zero-order chi connectivity index (χ0) is 22.7. The Labute approximate surface area is 191 Å². The standard InChI is InChI=1S/C26H25FN2O2S/c1-3-22(18-8-5-4-6-9-18)25(31)28-20-11-7-10-19(14-20)26-29(24(30)16-32-26)21-13-12-17(2)23(27)15-21/h4-15,22,26H,3,16H2,1-2H3,(H,28,31)/t22-,26-/m1/s1. The van der Waals surface area contributed by atoms with Gasteiger partial charge < -0.3 is 5.32 Å². The van der Waals surface area contributed by atoms with Gasteiger partial charge in [-0.2, -0.15) is 0 Å². The fourth-order valence-corrected chi connectivity index (χ4v) is 5.11. The Morgan fingerprint density at radius 1 is 1.12 bits per heavy atom. The summed E-state index contributed by atoms with van der Waals surface area (Å²) >= 11 is 1.49. The van der Waals surface area contributed by atoms with Crippen LogP contribution in [-0.4, -0.2) is 17.6 Å². The Hall–Kier alpha value is -3.12. The van der Waals surface area contributed by atoms with Gasteiger partial charge in [0, 0.05) is 11.4 Å². The monoisotopic (exact) mass is 448 g/mol. The van der Waals surface area contributed by atoms with Crippen LogP contribution in [0.1, 0.15) is 41.3 Å². The molecule has 0 aliphatic carbocycles. The van der Waals surface area contributed by atoms with E-state index in [0.717, 1.165) is 11.1 Å². The smallest absolute Gasteiger partial charge is 0.238 e. The van der Waals surface area contributed by atoms with E-state index in [1.54, 1.807) is 24.0 Å². The maximum absolute atomic E-state index is 14.2. The largest absolute Gasteiger partial charge is 0.326 e. The first-order valence-corrected chi connectivity index (χ1v) is 11.7. The summed E-state index contributed by atoms with van der Waals surface area (Å²) < 4.78 is 14.2. The summed E-state index contributed by atoms with van der Waals surface area (Å²) in [6, 6.07) is 22.1. The van der Waals surface area contributed by atoms with Crippen LogP contribution in [0.3, 0.4) is 0 Å². The molecule has 4 nitrogen and oxygen atoms in total. The van der Waals surface area contributed by atoms with E-state index in [-0.39, 0.29) is 28.9 Å². The van der Waals surface area contributed by atoms with Crippen molar-refractivity contribution in [2.24, 2.45) is 0 Å². The van der Waals surface area contributed by atoms with E-state index >= 15 is 0 Å². The highest BCUT2D eigenvalue weighted by Gasteiger charge is 2.34. The highest BCUT2D eigenvalue weighted by atomic mass is 32.2. The molecule has 0 spiro atoms. The van der Waals surface area contributed by atoms with Crippen molar-refractivity contribution in [3.05, 3.63) is 95.3 Å². The lowest BCUT2D eigenvalue weighted by Crippen LogP contribution is -2.28. The number of aryl methyl sites for hydroxylation is 1. The third-order valence-electron chi connectivity index (χ3n) is 5.67. The van der Waals surface area contributed by atoms with E-state index in [4.69, 9.17) is 0 Å². The molecule has 32 heavy (non-hydrogen) atoms. The second-order valence-electron chi connectivity index (χ2n) is 7.85. The highest BCUT2D eigenvalue weighted by Crippen LogP contribution is 2.42. The predicted octanol–water partition coefficient (Wildman–Crippen LogP) is 6.05. The first-order chi connectivity index (χ1) is 15.5. The highest BCUT2D eigenvalue weighted by molar-refractivity contribution is 8.00. The first-order valence-electron chi connectivity index (χ1n) is 10.6. The van der Waals surface area contributed by atoms with Gasteiger partial charge in [-0.15, -0.1) is 11.8 Å². The molecule has 164 valence electrons. The lowest BCUT2D eigenvalue weighted by atomic mass is 9.95. The molecule has 0 unspecified atom stereocenters. The molecular formula is C26H25FN2O2S. The lowest BCUT2D eigenvalue weighted by Gasteiger charge is -2.25. The number of nitrogens with zero attached hydrogens (tertiary/aromatic N) is 1. The summed E-state index contributed by atoms with van der Waals surface area (Å²) in [6.45, 7) is 3.69. The quantitative estimate of drug-likeness (QED) is 0.500. The molecule has 6 heteroatoms. The summed E-state index contributed by atoms with van der Waals surface area (Å²) in [5.41, 5.74) is 3.62. The van der Waals surface area contributed by atoms with Crippen LogP contribution >= 0.6 is 11.8 Å². The van der Waals surface area contributed by atoms with Gasteiger partial charge in [-0.05, 0) is 54.3 Å². The Morgan fingerprint density at radius 2 is 1.91 bits per heavy atom. The molecule has 0 aromatic heterocycles. The number of hydrogen-bond donors (Lipinski definition) is 1. The van der Waals surface area contributed by atoms with Crippen molar-refractivity contribution in [1.82, 2.24) is 0 Å². The summed E-state index contributed by atoms with van der Waals surface area (Å²) in [7, 11) is 0. The molecule has 2 amide bonds. The molecule has 2 atom stereocenters. The average molecular weight is 449 g/mol. The van der Waals surface area contributed by atoms with E-state index < -0.39 is 0 Å². The van der Waals surface area contributed by atoms with Crippen LogP contribution in [0.5, 0.6) is 0 Å². The van der Waals surface area contributed by atoms with Crippen LogP contribution < -0.4 is 10.2 Å². The zero-order valence-electron chi connectivity index (χ0n) is 18.0. The topological polar surface area (TPSA) is 49.4 Å². The fourth-order valence-electron chi connectivity index (χ4n) is 3.94.